The average molecular weight is 666 g/mol. The van der Waals surface area contributed by atoms with E-state index in [1.807, 2.05) is 24.3 Å². The number of amides is 2. The minimum atomic E-state index is -2.96. The second-order valence-electron chi connectivity index (χ2n) is 7.66. The Morgan fingerprint density at radius 2 is 1.31 bits per heavy atom. The zero-order valence-corrected chi connectivity index (χ0v) is 24.0. The van der Waals surface area contributed by atoms with Gasteiger partial charge in [-0.15, -0.1) is 0 Å². The van der Waals surface area contributed by atoms with Gasteiger partial charge < -0.3 is 15.5 Å². The highest BCUT2D eigenvalue weighted by atomic mass is 79.9. The molecule has 2 fully saturated rings. The summed E-state index contributed by atoms with van der Waals surface area (Å²) in [4.78, 5) is 26.6. The summed E-state index contributed by atoms with van der Waals surface area (Å²) >= 11 is 6.57. The predicted molar refractivity (Wildman–Crippen MR) is 147 cm³/mol. The molecule has 0 aromatic heterocycles. The number of carbonyl (C=O) groups is 1. The van der Waals surface area contributed by atoms with E-state index >= 15 is 0 Å². The summed E-state index contributed by atoms with van der Waals surface area (Å²) in [5.41, 5.74) is 1.31. The standard InChI is InChI=1S/C11H13BrN2O3S.C7H4BrNO.C4H9NO2S/c12-9-1-3-10(4-2-9)13-11(15)14-5-7-18(16,17)8-6-14;8-6-1-3-7(4-2-6)9-5-10;6-8(7)3-1-5-2-4-8/h1-4H,5-8H2,(H,13,15);1-4H;5H,1-4H2. The van der Waals surface area contributed by atoms with Crippen molar-refractivity contribution in [1.29, 1.82) is 0 Å². The van der Waals surface area contributed by atoms with E-state index < -0.39 is 19.7 Å². The molecule has 2 aliphatic rings. The molecule has 2 aromatic carbocycles. The highest BCUT2D eigenvalue weighted by molar-refractivity contribution is 9.10. The van der Waals surface area contributed by atoms with Gasteiger partial charge in [-0.05, 0) is 48.5 Å². The fourth-order valence-electron chi connectivity index (χ4n) is 2.90. The van der Waals surface area contributed by atoms with E-state index in [1.165, 1.54) is 11.0 Å². The van der Waals surface area contributed by atoms with Crippen LogP contribution in [0, 0.1) is 0 Å². The van der Waals surface area contributed by atoms with Crippen LogP contribution in [0.3, 0.4) is 0 Å². The molecular weight excluding hydrogens is 640 g/mol. The molecule has 0 saturated carbocycles. The predicted octanol–water partition coefficient (Wildman–Crippen LogP) is 3.13. The van der Waals surface area contributed by atoms with Crippen LogP contribution >= 0.6 is 31.9 Å². The van der Waals surface area contributed by atoms with Gasteiger partial charge in [0.05, 0.1) is 28.7 Å². The number of sulfone groups is 2. The van der Waals surface area contributed by atoms with E-state index in [-0.39, 0.29) is 30.6 Å². The molecule has 2 aliphatic heterocycles. The summed E-state index contributed by atoms with van der Waals surface area (Å²) in [6.45, 7) is 1.76. The van der Waals surface area contributed by atoms with Crippen LogP contribution in [-0.4, -0.2) is 83.0 Å². The Morgan fingerprint density at radius 3 is 1.75 bits per heavy atom. The van der Waals surface area contributed by atoms with Crippen LogP contribution in [-0.2, 0) is 24.5 Å². The largest absolute Gasteiger partial charge is 0.322 e. The number of hydrogen-bond acceptors (Lipinski definition) is 8. The van der Waals surface area contributed by atoms with Gasteiger partial charge in [0.2, 0.25) is 6.08 Å². The molecule has 0 aliphatic carbocycles. The second kappa shape index (κ2) is 14.6. The first-order chi connectivity index (χ1) is 17.0. The SMILES string of the molecule is O=C(Nc1ccc(Br)cc1)N1CCS(=O)(=O)CC1.O=C=Nc1ccc(Br)cc1.O=S1(=O)CCNCC1. The molecule has 2 N–H and O–H groups in total. The first-order valence-electron chi connectivity index (χ1n) is 10.8. The Bertz CT molecular complexity index is 1240. The second-order valence-corrected chi connectivity index (χ2v) is 14.1. The van der Waals surface area contributed by atoms with Crippen molar-refractivity contribution >= 4 is 75.0 Å². The number of anilines is 1. The molecule has 2 saturated heterocycles. The van der Waals surface area contributed by atoms with E-state index in [2.05, 4.69) is 47.5 Å². The minimum absolute atomic E-state index is 0.0424. The number of rotatable bonds is 2. The average Bonchev–Trinajstić information content (AvgIpc) is 2.83. The van der Waals surface area contributed by atoms with Crippen molar-refractivity contribution < 1.29 is 26.4 Å². The highest BCUT2D eigenvalue weighted by Crippen LogP contribution is 2.16. The molecule has 196 valence electrons. The molecule has 0 unspecified atom stereocenters. The lowest BCUT2D eigenvalue weighted by Crippen LogP contribution is -2.45. The smallest absolute Gasteiger partial charge is 0.321 e. The summed E-state index contributed by atoms with van der Waals surface area (Å²) in [5.74, 6) is 0.710. The molecule has 2 heterocycles. The quantitative estimate of drug-likeness (QED) is 0.371. The van der Waals surface area contributed by atoms with Gasteiger partial charge >= 0.3 is 6.03 Å². The van der Waals surface area contributed by atoms with Gasteiger partial charge in [0.25, 0.3) is 0 Å². The van der Waals surface area contributed by atoms with Crippen molar-refractivity contribution in [3.63, 3.8) is 0 Å². The minimum Gasteiger partial charge on any atom is -0.322 e. The summed E-state index contributed by atoms with van der Waals surface area (Å²) in [5, 5.41) is 5.70. The van der Waals surface area contributed by atoms with E-state index in [1.54, 1.807) is 24.3 Å². The molecule has 10 nitrogen and oxygen atoms in total. The maximum absolute atomic E-state index is 11.9. The van der Waals surface area contributed by atoms with Crippen molar-refractivity contribution in [1.82, 2.24) is 10.2 Å². The first-order valence-corrected chi connectivity index (χ1v) is 16.0. The number of nitrogens with zero attached hydrogens (tertiary/aromatic N) is 2. The molecule has 0 bridgehead atoms. The Kier molecular flexibility index (Phi) is 12.2. The van der Waals surface area contributed by atoms with Crippen LogP contribution in [0.1, 0.15) is 0 Å². The van der Waals surface area contributed by atoms with Crippen LogP contribution in [0.5, 0.6) is 0 Å². The lowest BCUT2D eigenvalue weighted by atomic mass is 10.3. The van der Waals surface area contributed by atoms with E-state index in [4.69, 9.17) is 0 Å². The van der Waals surface area contributed by atoms with Gasteiger partial charge in [0.1, 0.15) is 0 Å². The maximum atomic E-state index is 11.9. The topological polar surface area (TPSA) is 142 Å². The van der Waals surface area contributed by atoms with Crippen LogP contribution in [0.2, 0.25) is 0 Å². The number of carbonyl (C=O) groups excluding carboxylic acids is 2. The van der Waals surface area contributed by atoms with Crippen molar-refractivity contribution in [2.24, 2.45) is 4.99 Å². The van der Waals surface area contributed by atoms with Crippen LogP contribution < -0.4 is 10.6 Å². The molecule has 0 atom stereocenters. The molecule has 14 heteroatoms. The Balaban J connectivity index is 0.000000213. The number of nitrogens with one attached hydrogen (secondary N) is 2. The molecule has 2 amide bonds. The number of benzene rings is 2. The zero-order valence-electron chi connectivity index (χ0n) is 19.2. The third kappa shape index (κ3) is 11.8. The Labute approximate surface area is 227 Å². The number of aliphatic imine (C=N–C) groups is 1. The summed E-state index contributed by atoms with van der Waals surface area (Å²) < 4.78 is 45.6. The third-order valence-corrected chi connectivity index (χ3v) is 9.23. The molecule has 36 heavy (non-hydrogen) atoms. The Hall–Kier alpha value is -2.09. The van der Waals surface area contributed by atoms with Gasteiger partial charge in [-0.2, -0.15) is 4.99 Å². The number of isocyanates is 1. The van der Waals surface area contributed by atoms with Crippen LogP contribution in [0.4, 0.5) is 16.2 Å². The van der Waals surface area contributed by atoms with Gasteiger partial charge in [-0.25, -0.2) is 26.4 Å². The highest BCUT2D eigenvalue weighted by Gasteiger charge is 2.24. The van der Waals surface area contributed by atoms with Crippen LogP contribution in [0.15, 0.2) is 62.5 Å². The lowest BCUT2D eigenvalue weighted by Gasteiger charge is -2.26. The molecular formula is C22H26Br2N4O6S2. The summed E-state index contributed by atoms with van der Waals surface area (Å²) in [6, 6.07) is 14.1. The van der Waals surface area contributed by atoms with Crippen molar-refractivity contribution in [2.45, 2.75) is 0 Å². The van der Waals surface area contributed by atoms with Crippen molar-refractivity contribution in [3.05, 3.63) is 57.5 Å². The monoisotopic (exact) mass is 664 g/mol. The number of hydrogen-bond donors (Lipinski definition) is 2. The molecule has 0 radical (unpaired) electrons. The third-order valence-electron chi connectivity index (χ3n) is 4.91. The van der Waals surface area contributed by atoms with Crippen LogP contribution in [0.25, 0.3) is 0 Å². The lowest BCUT2D eigenvalue weighted by molar-refractivity contribution is 0.216. The molecule has 2 aromatic rings. The normalized spacial score (nSPS) is 17.7. The van der Waals surface area contributed by atoms with Crippen molar-refractivity contribution in [3.8, 4) is 0 Å². The summed E-state index contributed by atoms with van der Waals surface area (Å²) in [6.07, 6.45) is 1.46. The zero-order chi connectivity index (χ0) is 26.6. The van der Waals surface area contributed by atoms with E-state index in [9.17, 15) is 26.4 Å². The number of urea groups is 1. The number of halogens is 2. The maximum Gasteiger partial charge on any atom is 0.321 e. The fourth-order valence-corrected chi connectivity index (χ4v) is 5.75. The van der Waals surface area contributed by atoms with E-state index in [0.29, 0.717) is 36.0 Å². The molecule has 4 rings (SSSR count). The van der Waals surface area contributed by atoms with Gasteiger partial charge in [0, 0.05) is 40.8 Å². The summed E-state index contributed by atoms with van der Waals surface area (Å²) in [7, 11) is -5.60. The fraction of sp³-hybridized carbons (Fsp3) is 0.364. The van der Waals surface area contributed by atoms with Gasteiger partial charge in [-0.3, -0.25) is 0 Å². The Morgan fingerprint density at radius 1 is 0.833 bits per heavy atom. The molecule has 0 spiro atoms. The van der Waals surface area contributed by atoms with E-state index in [0.717, 1.165) is 8.95 Å². The first kappa shape index (κ1) is 30.1. The van der Waals surface area contributed by atoms with Gasteiger partial charge in [-0.1, -0.05) is 31.9 Å². The van der Waals surface area contributed by atoms with Gasteiger partial charge in [0.15, 0.2) is 19.7 Å². The van der Waals surface area contributed by atoms with Crippen molar-refractivity contribution in [2.75, 3.05) is 54.5 Å².